The summed E-state index contributed by atoms with van der Waals surface area (Å²) in [5.74, 6) is -3.22. The molecule has 7 heteroatoms. The molecule has 0 aliphatic heterocycles. The van der Waals surface area contributed by atoms with Crippen molar-refractivity contribution < 1.29 is 33.4 Å². The minimum absolute atomic E-state index is 0.114. The first-order valence-corrected chi connectivity index (χ1v) is 9.29. The average molecular weight is 370 g/mol. The molecule has 0 aromatic carbocycles. The van der Waals surface area contributed by atoms with Gasteiger partial charge in [0.15, 0.2) is 5.78 Å². The van der Waals surface area contributed by atoms with E-state index < -0.39 is 29.2 Å². The van der Waals surface area contributed by atoms with Gasteiger partial charge in [-0.1, -0.05) is 25.7 Å². The van der Waals surface area contributed by atoms with E-state index in [9.17, 15) is 19.2 Å². The van der Waals surface area contributed by atoms with E-state index in [0.717, 1.165) is 19.3 Å². The number of esters is 3. The lowest BCUT2D eigenvalue weighted by Gasteiger charge is -2.36. The molecule has 0 radical (unpaired) electrons. The van der Waals surface area contributed by atoms with E-state index in [1.807, 2.05) is 0 Å². The normalized spacial score (nSPS) is 24.4. The molecule has 0 saturated heterocycles. The van der Waals surface area contributed by atoms with E-state index >= 15 is 0 Å². The maximum absolute atomic E-state index is 13.1. The zero-order valence-electron chi connectivity index (χ0n) is 16.0. The Labute approximate surface area is 154 Å². The molecule has 0 bridgehead atoms. The van der Waals surface area contributed by atoms with Crippen LogP contribution in [-0.2, 0) is 33.4 Å². The lowest BCUT2D eigenvalue weighted by molar-refractivity contribution is -0.173. The Morgan fingerprint density at radius 2 is 1.69 bits per heavy atom. The van der Waals surface area contributed by atoms with Crippen molar-refractivity contribution in [1.29, 1.82) is 0 Å². The fourth-order valence-electron chi connectivity index (χ4n) is 3.68. The van der Waals surface area contributed by atoms with Crippen LogP contribution in [-0.4, -0.2) is 44.5 Å². The van der Waals surface area contributed by atoms with Gasteiger partial charge in [-0.15, -0.1) is 0 Å². The van der Waals surface area contributed by atoms with E-state index in [4.69, 9.17) is 14.2 Å². The third-order valence-corrected chi connectivity index (χ3v) is 5.05. The van der Waals surface area contributed by atoms with Gasteiger partial charge in [0, 0.05) is 12.8 Å². The van der Waals surface area contributed by atoms with Crippen LogP contribution in [0.2, 0.25) is 0 Å². The lowest BCUT2D eigenvalue weighted by Crippen LogP contribution is -2.50. The number of Topliss-reactive ketones (excluding diaryl/α,β-unsaturated/α-hetero) is 1. The highest BCUT2D eigenvalue weighted by Crippen LogP contribution is 2.42. The third kappa shape index (κ3) is 5.29. The Balaban J connectivity index is 3.32. The summed E-state index contributed by atoms with van der Waals surface area (Å²) in [6, 6.07) is 0. The quantitative estimate of drug-likeness (QED) is 0.403. The summed E-state index contributed by atoms with van der Waals surface area (Å²) < 4.78 is 14.8. The summed E-state index contributed by atoms with van der Waals surface area (Å²) in [7, 11) is 2.42. The van der Waals surface area contributed by atoms with E-state index in [1.54, 1.807) is 6.92 Å². The maximum atomic E-state index is 13.1. The number of ketones is 1. The van der Waals surface area contributed by atoms with E-state index in [1.165, 1.54) is 14.2 Å². The Morgan fingerprint density at radius 3 is 2.31 bits per heavy atom. The fraction of sp³-hybridized carbons (Fsp3) is 0.789. The van der Waals surface area contributed by atoms with E-state index in [0.29, 0.717) is 19.3 Å². The van der Waals surface area contributed by atoms with Gasteiger partial charge >= 0.3 is 17.9 Å². The molecular formula is C19H30O7. The monoisotopic (exact) mass is 370 g/mol. The summed E-state index contributed by atoms with van der Waals surface area (Å²) >= 11 is 0. The van der Waals surface area contributed by atoms with Gasteiger partial charge in [0.1, 0.15) is 5.41 Å². The van der Waals surface area contributed by atoms with Crippen molar-refractivity contribution in [3.8, 4) is 0 Å². The first-order valence-electron chi connectivity index (χ1n) is 9.29. The zero-order valence-corrected chi connectivity index (χ0v) is 16.0. The van der Waals surface area contributed by atoms with Gasteiger partial charge in [-0.25, -0.2) is 0 Å². The number of hydrogen-bond donors (Lipinski definition) is 0. The Hall–Kier alpha value is -1.92. The van der Waals surface area contributed by atoms with Gasteiger partial charge in [-0.3, -0.25) is 19.2 Å². The van der Waals surface area contributed by atoms with Crippen LogP contribution in [0.3, 0.4) is 0 Å². The summed E-state index contributed by atoms with van der Waals surface area (Å²) in [5, 5.41) is 0. The number of ether oxygens (including phenoxy) is 3. The highest BCUT2D eigenvalue weighted by Gasteiger charge is 2.55. The first kappa shape index (κ1) is 22.1. The van der Waals surface area contributed by atoms with E-state index in [-0.39, 0.29) is 31.7 Å². The molecule has 0 spiro atoms. The van der Waals surface area contributed by atoms with Crippen LogP contribution in [0.5, 0.6) is 0 Å². The van der Waals surface area contributed by atoms with Crippen molar-refractivity contribution in [1.82, 2.24) is 0 Å². The summed E-state index contributed by atoms with van der Waals surface area (Å²) in [5.41, 5.74) is -1.70. The van der Waals surface area contributed by atoms with Crippen LogP contribution in [0.25, 0.3) is 0 Å². The summed E-state index contributed by atoms with van der Waals surface area (Å²) in [4.78, 5) is 50.2. The van der Waals surface area contributed by atoms with Crippen molar-refractivity contribution in [2.24, 2.45) is 11.3 Å². The van der Waals surface area contributed by atoms with Gasteiger partial charge in [-0.05, 0) is 26.2 Å². The molecule has 2 atom stereocenters. The topological polar surface area (TPSA) is 96.0 Å². The smallest absolute Gasteiger partial charge is 0.320 e. The van der Waals surface area contributed by atoms with Gasteiger partial charge < -0.3 is 14.2 Å². The molecule has 7 nitrogen and oxygen atoms in total. The Morgan fingerprint density at radius 1 is 1.04 bits per heavy atom. The van der Waals surface area contributed by atoms with Crippen LogP contribution in [0, 0.1) is 11.3 Å². The second-order valence-corrected chi connectivity index (χ2v) is 6.57. The van der Waals surface area contributed by atoms with Gasteiger partial charge in [0.05, 0.1) is 26.7 Å². The van der Waals surface area contributed by atoms with Crippen LogP contribution in [0.4, 0.5) is 0 Å². The molecule has 0 amide bonds. The second kappa shape index (κ2) is 10.9. The molecule has 1 fully saturated rings. The maximum Gasteiger partial charge on any atom is 0.320 e. The van der Waals surface area contributed by atoms with Crippen LogP contribution >= 0.6 is 0 Å². The summed E-state index contributed by atoms with van der Waals surface area (Å²) in [6.07, 6.45) is 4.40. The molecule has 1 aliphatic rings. The zero-order chi connectivity index (χ0) is 19.6. The SMILES string of the molecule is CCOC(=O)CC[C@@]1(C(=O)OC)C(=O)CCCCCCC[C@@H]1C(=O)OC. The molecule has 1 rings (SSSR count). The number of methoxy groups -OCH3 is 2. The standard InChI is InChI=1S/C19H30O7/c1-4-26-16(21)12-13-19(18(23)25-3)14(17(22)24-2)10-8-6-5-7-9-11-15(19)20/h14H,4-13H2,1-3H3/t14-,19+/m1/s1. The molecule has 0 unspecified atom stereocenters. The number of carbonyl (C=O) groups is 4. The molecule has 1 aliphatic carbocycles. The third-order valence-electron chi connectivity index (χ3n) is 5.05. The van der Waals surface area contributed by atoms with Crippen molar-refractivity contribution >= 4 is 23.7 Å². The molecule has 148 valence electrons. The van der Waals surface area contributed by atoms with Crippen LogP contribution < -0.4 is 0 Å². The van der Waals surface area contributed by atoms with Gasteiger partial charge in [0.2, 0.25) is 0 Å². The molecule has 26 heavy (non-hydrogen) atoms. The molecule has 1 saturated carbocycles. The average Bonchev–Trinajstić information content (AvgIpc) is 2.64. The van der Waals surface area contributed by atoms with Gasteiger partial charge in [-0.2, -0.15) is 0 Å². The highest BCUT2D eigenvalue weighted by molar-refractivity contribution is 6.07. The Bertz CT molecular complexity index is 514. The molecule has 0 aromatic rings. The predicted octanol–water partition coefficient (Wildman–Crippen LogP) is 2.59. The fourth-order valence-corrected chi connectivity index (χ4v) is 3.68. The van der Waals surface area contributed by atoms with Gasteiger partial charge in [0.25, 0.3) is 0 Å². The minimum Gasteiger partial charge on any atom is -0.469 e. The number of carbonyl (C=O) groups excluding carboxylic acids is 4. The minimum atomic E-state index is -1.70. The predicted molar refractivity (Wildman–Crippen MR) is 93.1 cm³/mol. The van der Waals surface area contributed by atoms with Crippen LogP contribution in [0.1, 0.15) is 64.7 Å². The van der Waals surface area contributed by atoms with Crippen molar-refractivity contribution in [3.05, 3.63) is 0 Å². The Kier molecular flexibility index (Phi) is 9.30. The van der Waals surface area contributed by atoms with Crippen LogP contribution in [0.15, 0.2) is 0 Å². The molecule has 0 N–H and O–H groups in total. The lowest BCUT2D eigenvalue weighted by atomic mass is 9.65. The number of rotatable bonds is 6. The van der Waals surface area contributed by atoms with Crippen molar-refractivity contribution in [2.75, 3.05) is 20.8 Å². The van der Waals surface area contributed by atoms with Crippen molar-refractivity contribution in [2.45, 2.75) is 64.7 Å². The molecule has 0 heterocycles. The van der Waals surface area contributed by atoms with E-state index in [2.05, 4.69) is 0 Å². The number of hydrogen-bond acceptors (Lipinski definition) is 7. The van der Waals surface area contributed by atoms with Crippen molar-refractivity contribution in [3.63, 3.8) is 0 Å². The highest BCUT2D eigenvalue weighted by atomic mass is 16.5. The largest absolute Gasteiger partial charge is 0.469 e. The molecular weight excluding hydrogens is 340 g/mol. The first-order chi connectivity index (χ1) is 12.4. The second-order valence-electron chi connectivity index (χ2n) is 6.57. The molecule has 0 aromatic heterocycles. The summed E-state index contributed by atoms with van der Waals surface area (Å²) in [6.45, 7) is 1.89.